The van der Waals surface area contributed by atoms with Crippen LogP contribution in [0.25, 0.3) is 0 Å². The van der Waals surface area contributed by atoms with Crippen LogP contribution in [0.4, 0.5) is 0 Å². The molecule has 2 aromatic heterocycles. The molecule has 0 unspecified atom stereocenters. The fourth-order valence-electron chi connectivity index (χ4n) is 2.68. The van der Waals surface area contributed by atoms with Crippen molar-refractivity contribution in [3.8, 4) is 0 Å². The molecule has 0 saturated carbocycles. The van der Waals surface area contributed by atoms with Crippen molar-refractivity contribution in [2.24, 2.45) is 0 Å². The lowest BCUT2D eigenvalue weighted by Crippen LogP contribution is -2.30. The first-order valence-corrected chi connectivity index (χ1v) is 8.79. The highest BCUT2D eigenvalue weighted by Gasteiger charge is 2.20. The van der Waals surface area contributed by atoms with Crippen LogP contribution in [0.2, 0.25) is 0 Å². The zero-order valence-electron chi connectivity index (χ0n) is 14.2. The van der Waals surface area contributed by atoms with Crippen LogP contribution in [0.15, 0.2) is 53.1 Å². The molecule has 3 aromatic rings. The van der Waals surface area contributed by atoms with Gasteiger partial charge in [0, 0.05) is 15.3 Å². The first-order valence-electron chi connectivity index (χ1n) is 7.97. The Morgan fingerprint density at radius 1 is 1.08 bits per heavy atom. The molecule has 3 nitrogen and oxygen atoms in total. The van der Waals surface area contributed by atoms with Gasteiger partial charge >= 0.3 is 0 Å². The summed E-state index contributed by atoms with van der Waals surface area (Å²) in [5.41, 5.74) is 2.85. The van der Waals surface area contributed by atoms with Gasteiger partial charge in [-0.3, -0.25) is 4.79 Å². The van der Waals surface area contributed by atoms with E-state index < -0.39 is 0 Å². The topological polar surface area (TPSA) is 33.5 Å². The minimum atomic E-state index is 0.0404. The molecule has 3 rings (SSSR count). The molecule has 2 heterocycles. The van der Waals surface area contributed by atoms with Crippen molar-refractivity contribution >= 4 is 17.2 Å². The molecule has 24 heavy (non-hydrogen) atoms. The van der Waals surface area contributed by atoms with Crippen LogP contribution in [-0.2, 0) is 13.1 Å². The monoisotopic (exact) mass is 339 g/mol. The van der Waals surface area contributed by atoms with Crippen molar-refractivity contribution in [3.63, 3.8) is 0 Å². The lowest BCUT2D eigenvalue weighted by atomic mass is 10.0. The van der Waals surface area contributed by atoms with Crippen LogP contribution < -0.4 is 0 Å². The second-order valence-corrected chi connectivity index (χ2v) is 7.44. The molecule has 0 bridgehead atoms. The Hall–Kier alpha value is -2.33. The molecule has 0 atom stereocenters. The summed E-state index contributed by atoms with van der Waals surface area (Å²) in [6, 6.07) is 13.9. The maximum Gasteiger partial charge on any atom is 0.254 e. The first-order chi connectivity index (χ1) is 11.5. The van der Waals surface area contributed by atoms with Crippen molar-refractivity contribution in [1.29, 1.82) is 0 Å². The zero-order valence-corrected chi connectivity index (χ0v) is 15.0. The Morgan fingerprint density at radius 2 is 1.92 bits per heavy atom. The average molecular weight is 339 g/mol. The van der Waals surface area contributed by atoms with Gasteiger partial charge in [-0.25, -0.2) is 0 Å². The van der Waals surface area contributed by atoms with Gasteiger partial charge in [0.05, 0.1) is 19.4 Å². The number of carbonyl (C=O) groups excluding carboxylic acids is 1. The number of benzene rings is 1. The smallest absolute Gasteiger partial charge is 0.254 e. The number of amides is 1. The number of thiophene rings is 1. The first kappa shape index (κ1) is 16.5. The maximum atomic E-state index is 13.1. The van der Waals surface area contributed by atoms with Crippen molar-refractivity contribution in [2.75, 3.05) is 0 Å². The average Bonchev–Trinajstić information content (AvgIpc) is 3.20. The number of nitrogens with zero attached hydrogens (tertiary/aromatic N) is 1. The molecular formula is C20H21NO2S. The van der Waals surface area contributed by atoms with E-state index in [0.717, 1.165) is 22.5 Å². The standard InChI is InChI=1S/C20H21NO2S/c1-14-6-7-15(2)19(11-14)20(22)21(12-17-5-4-10-23-17)13-18-9-8-16(3)24-18/h4-11H,12-13H2,1-3H3. The van der Waals surface area contributed by atoms with E-state index in [0.29, 0.717) is 13.1 Å². The van der Waals surface area contributed by atoms with E-state index in [9.17, 15) is 4.79 Å². The van der Waals surface area contributed by atoms with E-state index in [1.54, 1.807) is 17.6 Å². The van der Waals surface area contributed by atoms with Crippen molar-refractivity contribution in [2.45, 2.75) is 33.9 Å². The minimum absolute atomic E-state index is 0.0404. The summed E-state index contributed by atoms with van der Waals surface area (Å²) in [4.78, 5) is 17.4. The highest BCUT2D eigenvalue weighted by atomic mass is 32.1. The van der Waals surface area contributed by atoms with Crippen LogP contribution in [-0.4, -0.2) is 10.8 Å². The molecule has 0 fully saturated rings. The molecule has 4 heteroatoms. The predicted molar refractivity (Wildman–Crippen MR) is 97.3 cm³/mol. The quantitative estimate of drug-likeness (QED) is 0.647. The molecule has 0 saturated heterocycles. The zero-order chi connectivity index (χ0) is 17.1. The molecule has 1 amide bonds. The summed E-state index contributed by atoms with van der Waals surface area (Å²) in [5, 5.41) is 0. The fraction of sp³-hybridized carbons (Fsp3) is 0.250. The van der Waals surface area contributed by atoms with E-state index in [2.05, 4.69) is 19.1 Å². The van der Waals surface area contributed by atoms with Gasteiger partial charge in [-0.1, -0.05) is 17.7 Å². The summed E-state index contributed by atoms with van der Waals surface area (Å²) in [7, 11) is 0. The lowest BCUT2D eigenvalue weighted by molar-refractivity contribution is 0.0718. The van der Waals surface area contributed by atoms with Crippen LogP contribution in [0.5, 0.6) is 0 Å². The summed E-state index contributed by atoms with van der Waals surface area (Å²) >= 11 is 1.72. The fourth-order valence-corrected chi connectivity index (χ4v) is 3.59. The summed E-state index contributed by atoms with van der Waals surface area (Å²) in [6.07, 6.45) is 1.64. The highest BCUT2D eigenvalue weighted by molar-refractivity contribution is 7.11. The number of rotatable bonds is 5. The van der Waals surface area contributed by atoms with Gasteiger partial charge in [0.15, 0.2) is 0 Å². The summed E-state index contributed by atoms with van der Waals surface area (Å²) in [5.74, 6) is 0.834. The van der Waals surface area contributed by atoms with Crippen LogP contribution in [0.3, 0.4) is 0 Å². The Bertz CT molecular complexity index is 833. The molecule has 0 spiro atoms. The van der Waals surface area contributed by atoms with E-state index in [-0.39, 0.29) is 5.91 Å². The lowest BCUT2D eigenvalue weighted by Gasteiger charge is -2.22. The SMILES string of the molecule is Cc1ccc(C)c(C(=O)N(Cc2ccco2)Cc2ccc(C)s2)c1. The Labute approximate surface area is 146 Å². The summed E-state index contributed by atoms with van der Waals surface area (Å²) < 4.78 is 5.46. The van der Waals surface area contributed by atoms with Crippen molar-refractivity contribution in [3.05, 3.63) is 80.9 Å². The number of aryl methyl sites for hydroxylation is 3. The number of furan rings is 1. The van der Waals surface area contributed by atoms with Crippen molar-refractivity contribution < 1.29 is 9.21 Å². The highest BCUT2D eigenvalue weighted by Crippen LogP contribution is 2.22. The molecule has 0 radical (unpaired) electrons. The Balaban J connectivity index is 1.90. The van der Waals surface area contributed by atoms with Gasteiger partial charge in [-0.2, -0.15) is 0 Å². The second-order valence-electron chi connectivity index (χ2n) is 6.07. The van der Waals surface area contributed by atoms with E-state index >= 15 is 0 Å². The molecule has 124 valence electrons. The summed E-state index contributed by atoms with van der Waals surface area (Å²) in [6.45, 7) is 7.13. The molecule has 0 aliphatic heterocycles. The third-order valence-corrected chi connectivity index (χ3v) is 4.97. The molecular weight excluding hydrogens is 318 g/mol. The van der Waals surface area contributed by atoms with E-state index in [1.807, 2.05) is 49.1 Å². The Morgan fingerprint density at radius 3 is 2.58 bits per heavy atom. The van der Waals surface area contributed by atoms with Gasteiger partial charge in [-0.15, -0.1) is 11.3 Å². The minimum Gasteiger partial charge on any atom is -0.467 e. The largest absolute Gasteiger partial charge is 0.467 e. The number of hydrogen-bond acceptors (Lipinski definition) is 3. The van der Waals surface area contributed by atoms with Crippen LogP contribution in [0, 0.1) is 20.8 Å². The van der Waals surface area contributed by atoms with Gasteiger partial charge in [-0.05, 0) is 56.7 Å². The number of carbonyl (C=O) groups is 1. The predicted octanol–water partition coefficient (Wildman–Crippen LogP) is 5.11. The van der Waals surface area contributed by atoms with Gasteiger partial charge in [0.1, 0.15) is 5.76 Å². The molecule has 1 aromatic carbocycles. The van der Waals surface area contributed by atoms with Gasteiger partial charge < -0.3 is 9.32 Å². The second kappa shape index (κ2) is 7.05. The van der Waals surface area contributed by atoms with Gasteiger partial charge in [0.2, 0.25) is 0 Å². The maximum absolute atomic E-state index is 13.1. The molecule has 0 aliphatic rings. The molecule has 0 N–H and O–H groups in total. The van der Waals surface area contributed by atoms with E-state index in [1.165, 1.54) is 9.75 Å². The normalized spacial score (nSPS) is 10.8. The van der Waals surface area contributed by atoms with E-state index in [4.69, 9.17) is 4.42 Å². The van der Waals surface area contributed by atoms with Crippen LogP contribution >= 0.6 is 11.3 Å². The Kier molecular flexibility index (Phi) is 4.86. The molecule has 0 aliphatic carbocycles. The third kappa shape index (κ3) is 3.77. The number of hydrogen-bond donors (Lipinski definition) is 0. The van der Waals surface area contributed by atoms with Crippen molar-refractivity contribution in [1.82, 2.24) is 4.90 Å². The van der Waals surface area contributed by atoms with Crippen LogP contribution in [0.1, 0.15) is 37.0 Å². The van der Waals surface area contributed by atoms with Gasteiger partial charge in [0.25, 0.3) is 5.91 Å². The third-order valence-electron chi connectivity index (χ3n) is 3.98.